The number of methoxy groups -OCH3 is 1. The molecule has 0 aliphatic heterocycles. The molecule has 1 aromatic carbocycles. The first-order valence-electron chi connectivity index (χ1n) is 7.01. The van der Waals surface area contributed by atoms with Crippen molar-refractivity contribution in [3.05, 3.63) is 56.2 Å². The molecule has 0 fully saturated rings. The van der Waals surface area contributed by atoms with Crippen LogP contribution in [0.2, 0.25) is 5.02 Å². The zero-order valence-electron chi connectivity index (χ0n) is 12.9. The Balaban J connectivity index is 2.06. The summed E-state index contributed by atoms with van der Waals surface area (Å²) in [6.07, 6.45) is 0. The molecule has 128 valence electrons. The first-order chi connectivity index (χ1) is 11.5. The van der Waals surface area contributed by atoms with Crippen LogP contribution in [0, 0.1) is 0 Å². The van der Waals surface area contributed by atoms with Gasteiger partial charge in [0.2, 0.25) is 5.91 Å². The zero-order valence-corrected chi connectivity index (χ0v) is 14.4. The molecule has 0 saturated heterocycles. The van der Waals surface area contributed by atoms with E-state index in [1.807, 2.05) is 12.1 Å². The van der Waals surface area contributed by atoms with Crippen molar-refractivity contribution in [2.45, 2.75) is 11.4 Å². The number of benzene rings is 1. The summed E-state index contributed by atoms with van der Waals surface area (Å²) < 4.78 is 6.17. The molecule has 0 unspecified atom stereocenters. The number of amides is 1. The third-order valence-electron chi connectivity index (χ3n) is 3.00. The highest BCUT2D eigenvalue weighted by atomic mass is 35.5. The SMILES string of the molecule is COCCn1c(NC(=O)CSc2ccc(Cl)cc2)cc(=O)[nH]c1=O. The standard InChI is InChI=1S/C15H16ClN3O4S/c1-23-7-6-19-12(8-13(20)18-15(19)22)17-14(21)9-24-11-4-2-10(16)3-5-11/h2-5,8H,6-7,9H2,1H3,(H,17,21)(H,18,20,22). The fraction of sp³-hybridized carbons (Fsp3) is 0.267. The molecular weight excluding hydrogens is 354 g/mol. The van der Waals surface area contributed by atoms with Crippen LogP contribution in [0.1, 0.15) is 0 Å². The summed E-state index contributed by atoms with van der Waals surface area (Å²) in [5.41, 5.74) is -1.17. The number of carbonyl (C=O) groups excluding carboxylic acids is 1. The van der Waals surface area contributed by atoms with Crippen molar-refractivity contribution in [1.82, 2.24) is 9.55 Å². The first-order valence-corrected chi connectivity index (χ1v) is 8.37. The predicted octanol–water partition coefficient (Wildman–Crippen LogP) is 1.57. The number of hydrogen-bond acceptors (Lipinski definition) is 5. The van der Waals surface area contributed by atoms with Crippen LogP contribution < -0.4 is 16.6 Å². The van der Waals surface area contributed by atoms with Crippen molar-refractivity contribution in [2.24, 2.45) is 0 Å². The van der Waals surface area contributed by atoms with Gasteiger partial charge in [-0.1, -0.05) is 11.6 Å². The number of thioether (sulfide) groups is 1. The van der Waals surface area contributed by atoms with E-state index in [0.717, 1.165) is 4.90 Å². The Kier molecular flexibility index (Phi) is 6.65. The fourth-order valence-electron chi connectivity index (χ4n) is 1.89. The van der Waals surface area contributed by atoms with Crippen LogP contribution in [0.3, 0.4) is 0 Å². The largest absolute Gasteiger partial charge is 0.383 e. The summed E-state index contributed by atoms with van der Waals surface area (Å²) in [5.74, 6) is -0.0546. The summed E-state index contributed by atoms with van der Waals surface area (Å²) in [7, 11) is 1.50. The smallest absolute Gasteiger partial charge is 0.329 e. The second-order valence-corrected chi connectivity index (χ2v) is 6.24. The number of hydrogen-bond donors (Lipinski definition) is 2. The van der Waals surface area contributed by atoms with Gasteiger partial charge >= 0.3 is 5.69 Å². The van der Waals surface area contributed by atoms with Crippen molar-refractivity contribution in [1.29, 1.82) is 0 Å². The minimum absolute atomic E-state index is 0.132. The topological polar surface area (TPSA) is 93.2 Å². The molecule has 7 nitrogen and oxygen atoms in total. The van der Waals surface area contributed by atoms with E-state index in [1.54, 1.807) is 12.1 Å². The highest BCUT2D eigenvalue weighted by molar-refractivity contribution is 8.00. The van der Waals surface area contributed by atoms with Crippen LogP contribution >= 0.6 is 23.4 Å². The number of nitrogens with one attached hydrogen (secondary N) is 2. The first kappa shape index (κ1) is 18.3. The summed E-state index contributed by atoms with van der Waals surface area (Å²) in [5, 5.41) is 3.20. The van der Waals surface area contributed by atoms with Crippen LogP contribution in [0.5, 0.6) is 0 Å². The number of anilines is 1. The van der Waals surface area contributed by atoms with Crippen molar-refractivity contribution in [3.8, 4) is 0 Å². The molecule has 0 saturated carbocycles. The van der Waals surface area contributed by atoms with Gasteiger partial charge in [-0.3, -0.25) is 19.1 Å². The number of H-pyrrole nitrogens is 1. The minimum Gasteiger partial charge on any atom is -0.383 e. The summed E-state index contributed by atoms with van der Waals surface area (Å²) in [6, 6.07) is 8.26. The molecule has 1 heterocycles. The predicted molar refractivity (Wildman–Crippen MR) is 94.0 cm³/mol. The highest BCUT2D eigenvalue weighted by Gasteiger charge is 2.10. The quantitative estimate of drug-likeness (QED) is 0.722. The molecule has 24 heavy (non-hydrogen) atoms. The monoisotopic (exact) mass is 369 g/mol. The molecule has 9 heteroatoms. The van der Waals surface area contributed by atoms with E-state index in [1.165, 1.54) is 29.5 Å². The van der Waals surface area contributed by atoms with Gasteiger partial charge in [-0.25, -0.2) is 4.79 Å². The fourth-order valence-corrected chi connectivity index (χ4v) is 2.71. The normalized spacial score (nSPS) is 10.6. The molecular formula is C15H16ClN3O4S. The zero-order chi connectivity index (χ0) is 17.5. The lowest BCUT2D eigenvalue weighted by Gasteiger charge is -2.12. The minimum atomic E-state index is -0.597. The maximum Gasteiger partial charge on any atom is 0.329 e. The molecule has 0 aliphatic carbocycles. The number of halogens is 1. The Morgan fingerprint density at radius 1 is 1.33 bits per heavy atom. The van der Waals surface area contributed by atoms with Gasteiger partial charge < -0.3 is 10.1 Å². The maximum absolute atomic E-state index is 12.1. The van der Waals surface area contributed by atoms with Crippen molar-refractivity contribution in [3.63, 3.8) is 0 Å². The number of aromatic nitrogens is 2. The van der Waals surface area contributed by atoms with Gasteiger partial charge in [0.15, 0.2) is 0 Å². The van der Waals surface area contributed by atoms with Gasteiger partial charge in [-0.2, -0.15) is 0 Å². The number of ether oxygens (including phenoxy) is 1. The van der Waals surface area contributed by atoms with E-state index >= 15 is 0 Å². The lowest BCUT2D eigenvalue weighted by molar-refractivity contribution is -0.113. The third kappa shape index (κ3) is 5.26. The van der Waals surface area contributed by atoms with Crippen molar-refractivity contribution >= 4 is 35.1 Å². The van der Waals surface area contributed by atoms with Crippen LogP contribution in [0.25, 0.3) is 0 Å². The Morgan fingerprint density at radius 2 is 2.04 bits per heavy atom. The average Bonchev–Trinajstić information content (AvgIpc) is 2.53. The number of rotatable bonds is 7. The van der Waals surface area contributed by atoms with Gasteiger partial charge in [-0.15, -0.1) is 11.8 Å². The van der Waals surface area contributed by atoms with Crippen LogP contribution in [-0.4, -0.2) is 34.9 Å². The molecule has 0 bridgehead atoms. The maximum atomic E-state index is 12.1. The van der Waals surface area contributed by atoms with E-state index in [0.29, 0.717) is 5.02 Å². The third-order valence-corrected chi connectivity index (χ3v) is 4.27. The molecule has 1 aromatic heterocycles. The molecule has 0 spiro atoms. The van der Waals surface area contributed by atoms with Gasteiger partial charge in [0.1, 0.15) is 5.82 Å². The van der Waals surface area contributed by atoms with Crippen molar-refractivity contribution in [2.75, 3.05) is 24.8 Å². The second kappa shape index (κ2) is 8.72. The molecule has 2 rings (SSSR count). The Bertz CT molecular complexity index is 817. The molecule has 2 N–H and O–H groups in total. The average molecular weight is 370 g/mol. The molecule has 2 aromatic rings. The van der Waals surface area contributed by atoms with E-state index in [9.17, 15) is 14.4 Å². The number of aromatic amines is 1. The Labute approximate surface area is 147 Å². The molecule has 0 aliphatic rings. The highest BCUT2D eigenvalue weighted by Crippen LogP contribution is 2.20. The van der Waals surface area contributed by atoms with Crippen LogP contribution in [0.4, 0.5) is 5.82 Å². The lowest BCUT2D eigenvalue weighted by Crippen LogP contribution is -2.34. The van der Waals surface area contributed by atoms with E-state index < -0.39 is 11.2 Å². The van der Waals surface area contributed by atoms with Crippen LogP contribution in [0.15, 0.2) is 44.8 Å². The van der Waals surface area contributed by atoms with E-state index in [2.05, 4.69) is 10.3 Å². The van der Waals surface area contributed by atoms with Gasteiger partial charge in [0.25, 0.3) is 5.56 Å². The van der Waals surface area contributed by atoms with Crippen molar-refractivity contribution < 1.29 is 9.53 Å². The summed E-state index contributed by atoms with van der Waals surface area (Å²) in [4.78, 5) is 38.4. The molecule has 1 amide bonds. The number of nitrogens with zero attached hydrogens (tertiary/aromatic N) is 1. The summed E-state index contributed by atoms with van der Waals surface area (Å²) in [6.45, 7) is 0.487. The molecule has 0 atom stereocenters. The Hall–Kier alpha value is -2.03. The lowest BCUT2D eigenvalue weighted by atomic mass is 10.4. The van der Waals surface area contributed by atoms with E-state index in [4.69, 9.17) is 16.3 Å². The summed E-state index contributed by atoms with van der Waals surface area (Å²) >= 11 is 7.13. The Morgan fingerprint density at radius 3 is 2.71 bits per heavy atom. The molecule has 0 radical (unpaired) electrons. The second-order valence-electron chi connectivity index (χ2n) is 4.76. The van der Waals surface area contributed by atoms with Gasteiger partial charge in [-0.05, 0) is 24.3 Å². The number of carbonyl (C=O) groups is 1. The van der Waals surface area contributed by atoms with Gasteiger partial charge in [0, 0.05) is 23.1 Å². The van der Waals surface area contributed by atoms with Gasteiger partial charge in [0.05, 0.1) is 18.9 Å². The van der Waals surface area contributed by atoms with E-state index in [-0.39, 0.29) is 30.6 Å². The van der Waals surface area contributed by atoms with Crippen LogP contribution in [-0.2, 0) is 16.1 Å².